The molecule has 0 amide bonds. The molecule has 0 aliphatic carbocycles. The summed E-state index contributed by atoms with van der Waals surface area (Å²) in [5.41, 5.74) is 1.48. The lowest BCUT2D eigenvalue weighted by atomic mass is 10.1. The molecule has 0 radical (unpaired) electrons. The molecular formula is C18H17BrF2N4O. The minimum absolute atomic E-state index is 0.0544. The van der Waals surface area contributed by atoms with Crippen molar-refractivity contribution in [2.24, 2.45) is 0 Å². The third-order valence-corrected chi connectivity index (χ3v) is 5.26. The fraction of sp³-hybridized carbons (Fsp3) is 0.333. The summed E-state index contributed by atoms with van der Waals surface area (Å²) >= 11 is 3.16. The van der Waals surface area contributed by atoms with Gasteiger partial charge in [0, 0.05) is 41.3 Å². The van der Waals surface area contributed by atoms with Crippen molar-refractivity contribution in [3.8, 4) is 0 Å². The van der Waals surface area contributed by atoms with Crippen LogP contribution in [0.2, 0.25) is 0 Å². The molecule has 4 rings (SSSR count). The summed E-state index contributed by atoms with van der Waals surface area (Å²) in [6.07, 6.45) is 2.72. The Morgan fingerprint density at radius 1 is 1.23 bits per heavy atom. The molecule has 1 fully saturated rings. The van der Waals surface area contributed by atoms with Gasteiger partial charge in [-0.1, -0.05) is 15.9 Å². The van der Waals surface area contributed by atoms with E-state index in [0.717, 1.165) is 23.7 Å². The Balaban J connectivity index is 1.72. The lowest BCUT2D eigenvalue weighted by Gasteiger charge is -2.23. The second-order valence-corrected chi connectivity index (χ2v) is 7.05. The summed E-state index contributed by atoms with van der Waals surface area (Å²) < 4.78 is 34.1. The van der Waals surface area contributed by atoms with Crippen LogP contribution in [-0.2, 0) is 4.74 Å². The van der Waals surface area contributed by atoms with Crippen molar-refractivity contribution in [1.29, 1.82) is 0 Å². The van der Waals surface area contributed by atoms with Crippen molar-refractivity contribution in [3.63, 3.8) is 0 Å². The fourth-order valence-corrected chi connectivity index (χ4v) is 3.63. The molecule has 136 valence electrons. The number of fused-ring (bicyclic) bond motifs is 1. The molecule has 1 N–H and O–H groups in total. The maximum absolute atomic E-state index is 13.1. The van der Waals surface area contributed by atoms with Gasteiger partial charge in [-0.25, -0.2) is 8.78 Å². The second kappa shape index (κ2) is 7.28. The Kier molecular flexibility index (Phi) is 4.86. The third-order valence-electron chi connectivity index (χ3n) is 4.54. The number of ether oxygens (including phenoxy) is 1. The van der Waals surface area contributed by atoms with Crippen molar-refractivity contribution < 1.29 is 13.5 Å². The topological polar surface area (TPSA) is 52.0 Å². The highest BCUT2D eigenvalue weighted by molar-refractivity contribution is 9.10. The second-order valence-electron chi connectivity index (χ2n) is 6.19. The molecule has 2 aromatic heterocycles. The monoisotopic (exact) mass is 422 g/mol. The minimum atomic E-state index is -2.55. The highest BCUT2D eigenvalue weighted by atomic mass is 79.9. The van der Waals surface area contributed by atoms with Crippen LogP contribution in [0, 0.1) is 0 Å². The maximum Gasteiger partial charge on any atom is 0.265 e. The van der Waals surface area contributed by atoms with Crippen LogP contribution in [0.25, 0.3) is 10.9 Å². The summed E-state index contributed by atoms with van der Waals surface area (Å²) in [5.74, 6) is 0.613. The van der Waals surface area contributed by atoms with Crippen molar-refractivity contribution in [1.82, 2.24) is 14.8 Å². The molecule has 0 unspecified atom stereocenters. The Bertz CT molecular complexity index is 925. The van der Waals surface area contributed by atoms with Gasteiger partial charge in [0.05, 0.1) is 16.9 Å². The molecular weight excluding hydrogens is 406 g/mol. The van der Waals surface area contributed by atoms with Gasteiger partial charge in [0.25, 0.3) is 6.43 Å². The van der Waals surface area contributed by atoms with Gasteiger partial charge in [0.2, 0.25) is 0 Å². The Hall–Kier alpha value is -2.06. The molecule has 3 heterocycles. The smallest absolute Gasteiger partial charge is 0.265 e. The molecule has 0 bridgehead atoms. The van der Waals surface area contributed by atoms with E-state index in [2.05, 4.69) is 26.2 Å². The number of benzene rings is 1. The van der Waals surface area contributed by atoms with Gasteiger partial charge in [-0.15, -0.1) is 0 Å². The molecule has 0 spiro atoms. The highest BCUT2D eigenvalue weighted by Gasteiger charge is 2.21. The standard InChI is InChI=1S/C18H17BrF2N4O/c19-15-2-1-11(9-13(15)17(20)21)23-18-14-10-22-6-3-16(14)25(24-18)12-4-7-26-8-5-12/h1-3,6,9-10,12,17H,4-5,7-8H2,(H,23,24). The molecule has 5 nitrogen and oxygen atoms in total. The molecule has 1 aliphatic heterocycles. The molecule has 1 saturated heterocycles. The zero-order valence-electron chi connectivity index (χ0n) is 13.8. The van der Waals surface area contributed by atoms with Crippen molar-refractivity contribution in [3.05, 3.63) is 46.7 Å². The summed E-state index contributed by atoms with van der Waals surface area (Å²) in [6.45, 7) is 1.43. The van der Waals surface area contributed by atoms with Gasteiger partial charge in [-0.05, 0) is 37.1 Å². The molecule has 3 aromatic rings. The van der Waals surface area contributed by atoms with Gasteiger partial charge in [-0.2, -0.15) is 5.10 Å². The number of hydrogen-bond donors (Lipinski definition) is 1. The number of nitrogens with one attached hydrogen (secondary N) is 1. The number of pyridine rings is 1. The molecule has 1 aliphatic rings. The molecule has 26 heavy (non-hydrogen) atoms. The van der Waals surface area contributed by atoms with Crippen LogP contribution in [0.3, 0.4) is 0 Å². The van der Waals surface area contributed by atoms with Gasteiger partial charge in [0.1, 0.15) is 0 Å². The largest absolute Gasteiger partial charge is 0.381 e. The SMILES string of the molecule is FC(F)c1cc(Nc2nn(C3CCOCC3)c3ccncc23)ccc1Br. The van der Waals surface area contributed by atoms with E-state index in [4.69, 9.17) is 9.84 Å². The summed E-state index contributed by atoms with van der Waals surface area (Å²) in [4.78, 5) is 4.19. The Labute approximate surface area is 157 Å². The van der Waals surface area contributed by atoms with E-state index < -0.39 is 6.43 Å². The lowest BCUT2D eigenvalue weighted by molar-refractivity contribution is 0.0675. The number of rotatable bonds is 4. The Morgan fingerprint density at radius 3 is 2.81 bits per heavy atom. The maximum atomic E-state index is 13.1. The van der Waals surface area contributed by atoms with Crippen LogP contribution in [0.5, 0.6) is 0 Å². The van der Waals surface area contributed by atoms with Gasteiger partial charge < -0.3 is 10.1 Å². The quantitative estimate of drug-likeness (QED) is 0.625. The molecule has 1 aromatic carbocycles. The van der Waals surface area contributed by atoms with Crippen molar-refractivity contribution >= 4 is 38.3 Å². The fourth-order valence-electron chi connectivity index (χ4n) is 3.21. The van der Waals surface area contributed by atoms with E-state index >= 15 is 0 Å². The molecule has 8 heteroatoms. The molecule has 0 saturated carbocycles. The number of nitrogens with zero attached hydrogens (tertiary/aromatic N) is 3. The van der Waals surface area contributed by atoms with Crippen LogP contribution >= 0.6 is 15.9 Å². The Morgan fingerprint density at radius 2 is 2.04 bits per heavy atom. The predicted octanol–water partition coefficient (Wildman–Crippen LogP) is 5.23. The number of alkyl halides is 2. The first-order valence-electron chi connectivity index (χ1n) is 8.38. The van der Waals surface area contributed by atoms with Gasteiger partial charge >= 0.3 is 0 Å². The minimum Gasteiger partial charge on any atom is -0.381 e. The van der Waals surface area contributed by atoms with Crippen molar-refractivity contribution in [2.45, 2.75) is 25.3 Å². The number of aromatic nitrogens is 3. The van der Waals surface area contributed by atoms with E-state index in [-0.39, 0.29) is 11.6 Å². The summed E-state index contributed by atoms with van der Waals surface area (Å²) in [6, 6.07) is 6.97. The van der Waals surface area contributed by atoms with Crippen LogP contribution in [0.1, 0.15) is 30.9 Å². The van der Waals surface area contributed by atoms with E-state index in [0.29, 0.717) is 29.2 Å². The van der Waals surface area contributed by atoms with E-state index in [9.17, 15) is 8.78 Å². The van der Waals surface area contributed by atoms with Crippen molar-refractivity contribution in [2.75, 3.05) is 18.5 Å². The number of anilines is 2. The highest BCUT2D eigenvalue weighted by Crippen LogP contribution is 2.33. The summed E-state index contributed by atoms with van der Waals surface area (Å²) in [5, 5.41) is 8.75. The first-order valence-corrected chi connectivity index (χ1v) is 9.17. The van der Waals surface area contributed by atoms with Crippen LogP contribution in [0.4, 0.5) is 20.3 Å². The van der Waals surface area contributed by atoms with Gasteiger partial charge in [-0.3, -0.25) is 9.67 Å². The van der Waals surface area contributed by atoms with Crippen LogP contribution < -0.4 is 5.32 Å². The normalized spacial score (nSPS) is 15.7. The van der Waals surface area contributed by atoms with Gasteiger partial charge in [0.15, 0.2) is 5.82 Å². The zero-order chi connectivity index (χ0) is 18.1. The van der Waals surface area contributed by atoms with E-state index in [1.807, 2.05) is 10.7 Å². The van der Waals surface area contributed by atoms with E-state index in [1.54, 1.807) is 24.5 Å². The third kappa shape index (κ3) is 3.31. The summed E-state index contributed by atoms with van der Waals surface area (Å²) in [7, 11) is 0. The first kappa shape index (κ1) is 17.4. The molecule has 0 atom stereocenters. The van der Waals surface area contributed by atoms with Crippen LogP contribution in [-0.4, -0.2) is 28.0 Å². The zero-order valence-corrected chi connectivity index (χ0v) is 15.4. The predicted molar refractivity (Wildman–Crippen MR) is 99.0 cm³/mol. The number of hydrogen-bond acceptors (Lipinski definition) is 4. The number of halogens is 3. The van der Waals surface area contributed by atoms with E-state index in [1.165, 1.54) is 6.07 Å². The average Bonchev–Trinajstić information content (AvgIpc) is 3.02. The lowest BCUT2D eigenvalue weighted by Crippen LogP contribution is -2.20. The average molecular weight is 423 g/mol. The van der Waals surface area contributed by atoms with Crippen LogP contribution in [0.15, 0.2) is 41.1 Å². The first-order chi connectivity index (χ1) is 12.6.